The van der Waals surface area contributed by atoms with Gasteiger partial charge in [0.05, 0.1) is 0 Å². The van der Waals surface area contributed by atoms with Gasteiger partial charge in [0.2, 0.25) is 0 Å². The third kappa shape index (κ3) is 6.04. The van der Waals surface area contributed by atoms with Crippen LogP contribution in [-0.2, 0) is 0 Å². The topological polar surface area (TPSA) is 38.7 Å². The van der Waals surface area contributed by atoms with E-state index in [2.05, 4.69) is 194 Å². The van der Waals surface area contributed by atoms with Crippen molar-refractivity contribution in [3.8, 4) is 67.5 Å². The number of aromatic nitrogens is 3. The van der Waals surface area contributed by atoms with E-state index >= 15 is 0 Å². The summed E-state index contributed by atoms with van der Waals surface area (Å²) in [7, 11) is 0. The van der Waals surface area contributed by atoms with Gasteiger partial charge in [-0.3, -0.25) is 0 Å². The van der Waals surface area contributed by atoms with Gasteiger partial charge in [-0.1, -0.05) is 182 Å². The van der Waals surface area contributed by atoms with Gasteiger partial charge in [-0.2, -0.15) is 0 Å². The molecule has 2 heterocycles. The minimum Gasteiger partial charge on any atom is -0.208 e. The van der Waals surface area contributed by atoms with Crippen molar-refractivity contribution in [1.82, 2.24) is 15.0 Å². The highest BCUT2D eigenvalue weighted by atomic mass is 32.1. The molecule has 4 heteroatoms. The van der Waals surface area contributed by atoms with Gasteiger partial charge in [-0.15, -0.1) is 11.3 Å². The first-order valence-electron chi connectivity index (χ1n) is 19.2. The lowest BCUT2D eigenvalue weighted by Gasteiger charge is -2.11. The van der Waals surface area contributed by atoms with Crippen molar-refractivity contribution >= 4 is 53.1 Å². The van der Waals surface area contributed by atoms with Crippen molar-refractivity contribution in [3.63, 3.8) is 0 Å². The molecule has 0 aliphatic rings. The molecule has 57 heavy (non-hydrogen) atoms. The first-order valence-corrected chi connectivity index (χ1v) is 20.0. The fourth-order valence-electron chi connectivity index (χ4n) is 8.02. The number of hydrogen-bond acceptors (Lipinski definition) is 4. The van der Waals surface area contributed by atoms with Gasteiger partial charge in [0, 0.05) is 36.9 Å². The van der Waals surface area contributed by atoms with Crippen molar-refractivity contribution < 1.29 is 0 Å². The molecule has 0 atom stereocenters. The van der Waals surface area contributed by atoms with Crippen LogP contribution in [0.5, 0.6) is 0 Å². The Bertz CT molecular complexity index is 3260. The number of fused-ring (bicyclic) bond motifs is 6. The lowest BCUT2D eigenvalue weighted by molar-refractivity contribution is 1.08. The Balaban J connectivity index is 1.04. The summed E-state index contributed by atoms with van der Waals surface area (Å²) in [6.07, 6.45) is 0. The summed E-state index contributed by atoms with van der Waals surface area (Å²) in [5, 5.41) is 7.37. The molecule has 11 aromatic rings. The molecule has 0 saturated heterocycles. The molecule has 0 aliphatic heterocycles. The minimum atomic E-state index is 0.646. The number of hydrogen-bond donors (Lipinski definition) is 0. The smallest absolute Gasteiger partial charge is 0.164 e. The Morgan fingerprint density at radius 1 is 0.281 bits per heavy atom. The van der Waals surface area contributed by atoms with E-state index in [9.17, 15) is 0 Å². The summed E-state index contributed by atoms with van der Waals surface area (Å²) in [6, 6.07) is 71.1. The van der Waals surface area contributed by atoms with Crippen LogP contribution >= 0.6 is 11.3 Å². The van der Waals surface area contributed by atoms with E-state index in [1.165, 1.54) is 64.1 Å². The number of thiophene rings is 1. The average Bonchev–Trinajstić information content (AvgIpc) is 3.67. The van der Waals surface area contributed by atoms with Crippen molar-refractivity contribution in [2.45, 2.75) is 0 Å². The van der Waals surface area contributed by atoms with Gasteiger partial charge in [0.25, 0.3) is 0 Å². The summed E-state index contributed by atoms with van der Waals surface area (Å²) in [4.78, 5) is 15.4. The number of rotatable bonds is 6. The molecule has 0 radical (unpaired) electrons. The zero-order valence-electron chi connectivity index (χ0n) is 30.8. The van der Waals surface area contributed by atoms with Gasteiger partial charge in [-0.25, -0.2) is 15.0 Å². The molecule has 0 aliphatic carbocycles. The average molecular weight is 744 g/mol. The highest BCUT2D eigenvalue weighted by Crippen LogP contribution is 2.44. The van der Waals surface area contributed by atoms with Crippen LogP contribution in [0.15, 0.2) is 200 Å². The standard InChI is InChI=1S/C53H33N3S/c1-3-11-34(12-4-1)37-19-24-39(25-20-37)47-33-49-50(45-18-10-9-17-44(45)47)46-30-29-43(32-48(46)57-49)53-55-51(40-26-21-38(22-27-40)35-13-5-2-6-14-35)54-52(56-53)42-28-23-36-15-7-8-16-41(36)31-42/h1-33H. The highest BCUT2D eigenvalue weighted by molar-refractivity contribution is 7.26. The van der Waals surface area contributed by atoms with E-state index < -0.39 is 0 Å². The van der Waals surface area contributed by atoms with E-state index in [4.69, 9.17) is 15.0 Å². The monoisotopic (exact) mass is 743 g/mol. The summed E-state index contributed by atoms with van der Waals surface area (Å²) in [5.41, 5.74) is 10.1. The largest absolute Gasteiger partial charge is 0.208 e. The molecule has 11 rings (SSSR count). The van der Waals surface area contributed by atoms with Crippen molar-refractivity contribution in [2.75, 3.05) is 0 Å². The molecule has 0 N–H and O–H groups in total. The molecular weight excluding hydrogens is 711 g/mol. The molecule has 0 saturated carbocycles. The molecule has 9 aromatic carbocycles. The Kier molecular flexibility index (Phi) is 8.01. The van der Waals surface area contributed by atoms with Crippen LogP contribution in [0, 0.1) is 0 Å². The Morgan fingerprint density at radius 2 is 0.754 bits per heavy atom. The van der Waals surface area contributed by atoms with Crippen LogP contribution in [0.4, 0.5) is 0 Å². The van der Waals surface area contributed by atoms with Crippen molar-refractivity contribution in [3.05, 3.63) is 200 Å². The first-order chi connectivity index (χ1) is 28.2. The molecule has 0 spiro atoms. The lowest BCUT2D eigenvalue weighted by atomic mass is 9.94. The zero-order valence-corrected chi connectivity index (χ0v) is 31.6. The fraction of sp³-hybridized carbons (Fsp3) is 0. The Labute approximate surface area is 334 Å². The SMILES string of the molecule is c1ccc(-c2ccc(-c3nc(-c4ccc5ccccc5c4)nc(-c4ccc5c(c4)sc4cc(-c6ccc(-c7ccccc7)cc6)c6ccccc6c45)n3)cc2)cc1. The molecule has 0 bridgehead atoms. The quantitative estimate of drug-likeness (QED) is 0.170. The second-order valence-electron chi connectivity index (χ2n) is 14.4. The summed E-state index contributed by atoms with van der Waals surface area (Å²) in [5.74, 6) is 1.95. The van der Waals surface area contributed by atoms with Crippen molar-refractivity contribution in [2.24, 2.45) is 0 Å². The van der Waals surface area contributed by atoms with E-state index in [0.29, 0.717) is 17.5 Å². The second-order valence-corrected chi connectivity index (χ2v) is 15.5. The maximum absolute atomic E-state index is 5.15. The van der Waals surface area contributed by atoms with Crippen molar-refractivity contribution in [1.29, 1.82) is 0 Å². The minimum absolute atomic E-state index is 0.646. The molecular formula is C53H33N3S. The van der Waals surface area contributed by atoms with Crippen LogP contribution < -0.4 is 0 Å². The summed E-state index contributed by atoms with van der Waals surface area (Å²) >= 11 is 1.83. The summed E-state index contributed by atoms with van der Waals surface area (Å²) in [6.45, 7) is 0. The molecule has 0 unspecified atom stereocenters. The maximum Gasteiger partial charge on any atom is 0.164 e. The molecule has 0 amide bonds. The van der Waals surface area contributed by atoms with E-state index in [1.807, 2.05) is 17.4 Å². The highest BCUT2D eigenvalue weighted by Gasteiger charge is 2.17. The molecule has 266 valence electrons. The van der Waals surface area contributed by atoms with E-state index in [-0.39, 0.29) is 0 Å². The van der Waals surface area contributed by atoms with Crippen LogP contribution in [-0.4, -0.2) is 15.0 Å². The predicted molar refractivity (Wildman–Crippen MR) is 240 cm³/mol. The van der Waals surface area contributed by atoms with E-state index in [0.717, 1.165) is 27.6 Å². The zero-order chi connectivity index (χ0) is 37.7. The van der Waals surface area contributed by atoms with Gasteiger partial charge in [-0.05, 0) is 73.1 Å². The third-order valence-corrected chi connectivity index (χ3v) is 12.0. The second kappa shape index (κ2) is 13.8. The first kappa shape index (κ1) is 33.1. The Morgan fingerprint density at radius 3 is 1.42 bits per heavy atom. The molecule has 3 nitrogen and oxygen atoms in total. The lowest BCUT2D eigenvalue weighted by Crippen LogP contribution is -2.00. The Hall–Kier alpha value is -7.27. The van der Waals surface area contributed by atoms with Gasteiger partial charge >= 0.3 is 0 Å². The predicted octanol–water partition coefficient (Wildman–Crippen LogP) is 14.5. The van der Waals surface area contributed by atoms with Crippen LogP contribution in [0.1, 0.15) is 0 Å². The van der Waals surface area contributed by atoms with Gasteiger partial charge in [0.1, 0.15) is 0 Å². The van der Waals surface area contributed by atoms with Gasteiger partial charge in [0.15, 0.2) is 17.5 Å². The number of benzene rings is 9. The number of nitrogens with zero attached hydrogens (tertiary/aromatic N) is 3. The maximum atomic E-state index is 5.15. The third-order valence-electron chi connectivity index (χ3n) is 10.9. The van der Waals surface area contributed by atoms with Crippen LogP contribution in [0.2, 0.25) is 0 Å². The molecule has 2 aromatic heterocycles. The molecule has 0 fully saturated rings. The fourth-order valence-corrected chi connectivity index (χ4v) is 9.23. The summed E-state index contributed by atoms with van der Waals surface area (Å²) < 4.78 is 2.46. The van der Waals surface area contributed by atoms with E-state index in [1.54, 1.807) is 0 Å². The normalized spacial score (nSPS) is 11.5. The van der Waals surface area contributed by atoms with Crippen LogP contribution in [0.25, 0.3) is 109 Å². The van der Waals surface area contributed by atoms with Crippen LogP contribution in [0.3, 0.4) is 0 Å². The van der Waals surface area contributed by atoms with Gasteiger partial charge < -0.3 is 0 Å².